The van der Waals surface area contributed by atoms with Gasteiger partial charge in [-0.25, -0.2) is 0 Å². The summed E-state index contributed by atoms with van der Waals surface area (Å²) in [6.07, 6.45) is 0. The van der Waals surface area contributed by atoms with Crippen molar-refractivity contribution in [3.8, 4) is 16.9 Å². The number of nitrogens with two attached hydrogens (primary N) is 1. The molecule has 0 saturated heterocycles. The molecule has 0 aliphatic carbocycles. The first kappa shape index (κ1) is 15.5. The third-order valence-corrected chi connectivity index (χ3v) is 4.25. The van der Waals surface area contributed by atoms with Crippen LogP contribution < -0.4 is 15.8 Å². The fourth-order valence-corrected chi connectivity index (χ4v) is 2.70. The molecule has 1 atom stereocenters. The highest BCUT2D eigenvalue weighted by molar-refractivity contribution is 7.10. The molecule has 112 valence electrons. The molecule has 2 rings (SSSR count). The Balaban J connectivity index is 1.99. The number of amides is 1. The summed E-state index contributed by atoms with van der Waals surface area (Å²) < 4.78 is 5.15. The van der Waals surface area contributed by atoms with Crippen LogP contribution >= 0.6 is 11.3 Å². The first-order chi connectivity index (χ1) is 10.1. The van der Waals surface area contributed by atoms with Crippen LogP contribution in [0.25, 0.3) is 11.1 Å². The molecule has 1 aromatic heterocycles. The number of carbonyl (C=O) groups excluding carboxylic acids is 1. The Bertz CT molecular complexity index is 593. The molecule has 0 aliphatic heterocycles. The van der Waals surface area contributed by atoms with Crippen LogP contribution in [-0.2, 0) is 11.3 Å². The standard InChI is InChI=1S/C16H20N2O2S/c1-11(8-17)16(19)18-9-15-7-13(10-21-15)12-3-5-14(20-2)6-4-12/h3-7,10-11H,8-9,17H2,1-2H3,(H,18,19). The van der Waals surface area contributed by atoms with Crippen LogP contribution in [0.3, 0.4) is 0 Å². The average molecular weight is 304 g/mol. The maximum Gasteiger partial charge on any atom is 0.224 e. The van der Waals surface area contributed by atoms with E-state index < -0.39 is 0 Å². The Labute approximate surface area is 128 Å². The van der Waals surface area contributed by atoms with Crippen molar-refractivity contribution in [2.24, 2.45) is 11.7 Å². The van der Waals surface area contributed by atoms with Crippen LogP contribution in [-0.4, -0.2) is 19.6 Å². The SMILES string of the molecule is COc1ccc(-c2csc(CNC(=O)C(C)CN)c2)cc1. The van der Waals surface area contributed by atoms with Crippen molar-refractivity contribution in [1.29, 1.82) is 0 Å². The van der Waals surface area contributed by atoms with Gasteiger partial charge in [-0.15, -0.1) is 11.3 Å². The molecule has 1 aromatic carbocycles. The van der Waals surface area contributed by atoms with Gasteiger partial charge in [-0.2, -0.15) is 0 Å². The van der Waals surface area contributed by atoms with Gasteiger partial charge in [0.1, 0.15) is 5.75 Å². The predicted molar refractivity (Wildman–Crippen MR) is 86.4 cm³/mol. The van der Waals surface area contributed by atoms with Gasteiger partial charge in [0.05, 0.1) is 13.7 Å². The second-order valence-corrected chi connectivity index (χ2v) is 5.88. The number of rotatable bonds is 6. The Morgan fingerprint density at radius 3 is 2.67 bits per heavy atom. The van der Waals surface area contributed by atoms with Gasteiger partial charge >= 0.3 is 0 Å². The summed E-state index contributed by atoms with van der Waals surface area (Å²) in [5.41, 5.74) is 7.77. The van der Waals surface area contributed by atoms with Crippen molar-refractivity contribution >= 4 is 17.2 Å². The summed E-state index contributed by atoms with van der Waals surface area (Å²) in [6, 6.07) is 10.0. The van der Waals surface area contributed by atoms with E-state index in [1.807, 2.05) is 31.2 Å². The van der Waals surface area contributed by atoms with Gasteiger partial charge in [-0.3, -0.25) is 4.79 Å². The quantitative estimate of drug-likeness (QED) is 0.862. The summed E-state index contributed by atoms with van der Waals surface area (Å²) in [7, 11) is 1.66. The highest BCUT2D eigenvalue weighted by atomic mass is 32.1. The van der Waals surface area contributed by atoms with Gasteiger partial charge in [0.2, 0.25) is 5.91 Å². The second-order valence-electron chi connectivity index (χ2n) is 4.88. The molecule has 0 saturated carbocycles. The first-order valence-electron chi connectivity index (χ1n) is 6.83. The molecule has 0 fully saturated rings. The average Bonchev–Trinajstić information content (AvgIpc) is 3.00. The van der Waals surface area contributed by atoms with Crippen LogP contribution in [0.1, 0.15) is 11.8 Å². The molecule has 3 N–H and O–H groups in total. The van der Waals surface area contributed by atoms with E-state index in [9.17, 15) is 4.79 Å². The number of benzene rings is 1. The minimum atomic E-state index is -0.147. The molecule has 21 heavy (non-hydrogen) atoms. The van der Waals surface area contributed by atoms with E-state index in [1.54, 1.807) is 18.4 Å². The molecule has 1 amide bonds. The molecule has 2 aromatic rings. The molecule has 5 heteroatoms. The summed E-state index contributed by atoms with van der Waals surface area (Å²) in [4.78, 5) is 12.8. The lowest BCUT2D eigenvalue weighted by molar-refractivity contribution is -0.124. The fraction of sp³-hybridized carbons (Fsp3) is 0.312. The normalized spacial score (nSPS) is 12.0. The highest BCUT2D eigenvalue weighted by Gasteiger charge is 2.10. The number of carbonyl (C=O) groups is 1. The number of nitrogens with one attached hydrogen (secondary N) is 1. The van der Waals surface area contributed by atoms with E-state index in [-0.39, 0.29) is 11.8 Å². The molecule has 4 nitrogen and oxygen atoms in total. The smallest absolute Gasteiger partial charge is 0.224 e. The minimum absolute atomic E-state index is 0.00287. The van der Waals surface area contributed by atoms with Crippen molar-refractivity contribution in [1.82, 2.24) is 5.32 Å². The van der Waals surface area contributed by atoms with Gasteiger partial charge in [-0.1, -0.05) is 19.1 Å². The minimum Gasteiger partial charge on any atom is -0.497 e. The van der Waals surface area contributed by atoms with Gasteiger partial charge in [0.25, 0.3) is 0 Å². The molecular formula is C16H20N2O2S. The Hall–Kier alpha value is -1.85. The van der Waals surface area contributed by atoms with E-state index in [0.29, 0.717) is 13.1 Å². The first-order valence-corrected chi connectivity index (χ1v) is 7.71. The highest BCUT2D eigenvalue weighted by Crippen LogP contribution is 2.27. The molecule has 0 spiro atoms. The van der Waals surface area contributed by atoms with Crippen LogP contribution in [0.4, 0.5) is 0 Å². The van der Waals surface area contributed by atoms with Crippen molar-refractivity contribution in [3.05, 3.63) is 40.6 Å². The van der Waals surface area contributed by atoms with E-state index in [2.05, 4.69) is 16.8 Å². The zero-order valence-electron chi connectivity index (χ0n) is 12.3. The number of hydrogen-bond donors (Lipinski definition) is 2. The van der Waals surface area contributed by atoms with E-state index in [0.717, 1.165) is 21.8 Å². The van der Waals surface area contributed by atoms with Crippen molar-refractivity contribution in [2.45, 2.75) is 13.5 Å². The monoisotopic (exact) mass is 304 g/mol. The van der Waals surface area contributed by atoms with E-state index in [1.165, 1.54) is 0 Å². The van der Waals surface area contributed by atoms with Crippen molar-refractivity contribution in [2.75, 3.05) is 13.7 Å². The van der Waals surface area contributed by atoms with E-state index in [4.69, 9.17) is 10.5 Å². The third kappa shape index (κ3) is 4.06. The fourth-order valence-electron chi connectivity index (χ4n) is 1.86. The summed E-state index contributed by atoms with van der Waals surface area (Å²) in [5.74, 6) is 0.695. The predicted octanol–water partition coefficient (Wildman–Crippen LogP) is 2.63. The van der Waals surface area contributed by atoms with Crippen molar-refractivity contribution < 1.29 is 9.53 Å². The molecule has 1 unspecified atom stereocenters. The lowest BCUT2D eigenvalue weighted by atomic mass is 10.1. The van der Waals surface area contributed by atoms with Crippen molar-refractivity contribution in [3.63, 3.8) is 0 Å². The van der Waals surface area contributed by atoms with Crippen LogP contribution in [0.15, 0.2) is 35.7 Å². The maximum absolute atomic E-state index is 11.7. The Morgan fingerprint density at radius 1 is 1.33 bits per heavy atom. The topological polar surface area (TPSA) is 64.3 Å². The summed E-state index contributed by atoms with van der Waals surface area (Å²) in [5, 5.41) is 5.00. The maximum atomic E-state index is 11.7. The number of hydrogen-bond acceptors (Lipinski definition) is 4. The molecular weight excluding hydrogens is 284 g/mol. The number of thiophene rings is 1. The largest absolute Gasteiger partial charge is 0.497 e. The molecule has 0 radical (unpaired) electrons. The third-order valence-electron chi connectivity index (χ3n) is 3.32. The van der Waals surface area contributed by atoms with Gasteiger partial charge in [0, 0.05) is 17.3 Å². The Morgan fingerprint density at radius 2 is 2.05 bits per heavy atom. The molecule has 1 heterocycles. The van der Waals surface area contributed by atoms with Crippen LogP contribution in [0.2, 0.25) is 0 Å². The Kier molecular flexibility index (Phi) is 5.36. The molecule has 0 aliphatic rings. The van der Waals surface area contributed by atoms with Gasteiger partial charge in [-0.05, 0) is 34.7 Å². The van der Waals surface area contributed by atoms with Gasteiger partial charge in [0.15, 0.2) is 0 Å². The lowest BCUT2D eigenvalue weighted by Crippen LogP contribution is -2.32. The van der Waals surface area contributed by atoms with E-state index >= 15 is 0 Å². The lowest BCUT2D eigenvalue weighted by Gasteiger charge is -2.08. The second kappa shape index (κ2) is 7.24. The summed E-state index contributed by atoms with van der Waals surface area (Å²) in [6.45, 7) is 2.74. The zero-order chi connectivity index (χ0) is 15.2. The zero-order valence-corrected chi connectivity index (χ0v) is 13.1. The van der Waals surface area contributed by atoms with Gasteiger partial charge < -0.3 is 15.8 Å². The molecule has 0 bridgehead atoms. The number of methoxy groups -OCH3 is 1. The van der Waals surface area contributed by atoms with Crippen LogP contribution in [0, 0.1) is 5.92 Å². The van der Waals surface area contributed by atoms with Crippen LogP contribution in [0.5, 0.6) is 5.75 Å². The summed E-state index contributed by atoms with van der Waals surface area (Å²) >= 11 is 1.64. The number of ether oxygens (including phenoxy) is 1.